The van der Waals surface area contributed by atoms with Crippen LogP contribution in [0.4, 0.5) is 4.39 Å². The van der Waals surface area contributed by atoms with Crippen molar-refractivity contribution in [3.05, 3.63) is 71.7 Å². The highest BCUT2D eigenvalue weighted by molar-refractivity contribution is 5.97. The van der Waals surface area contributed by atoms with Crippen LogP contribution in [0.25, 0.3) is 10.9 Å². The van der Waals surface area contributed by atoms with Gasteiger partial charge in [-0.05, 0) is 49.2 Å². The highest BCUT2D eigenvalue weighted by atomic mass is 19.1. The minimum absolute atomic E-state index is 0.0398. The number of nitrogens with zero attached hydrogens (tertiary/aromatic N) is 2. The SMILES string of the molecule is COc1ccccc1C[C@H](C)N(C)C(=O)c1cnc2ccc(F)cc2c1. The summed E-state index contributed by atoms with van der Waals surface area (Å²) in [6.45, 7) is 1.98. The maximum Gasteiger partial charge on any atom is 0.255 e. The van der Waals surface area contributed by atoms with Crippen LogP contribution in [-0.2, 0) is 6.42 Å². The van der Waals surface area contributed by atoms with Gasteiger partial charge in [-0.3, -0.25) is 9.78 Å². The third kappa shape index (κ3) is 3.67. The molecule has 5 heteroatoms. The largest absolute Gasteiger partial charge is 0.496 e. The van der Waals surface area contributed by atoms with Crippen LogP contribution in [0.1, 0.15) is 22.8 Å². The lowest BCUT2D eigenvalue weighted by atomic mass is 10.0. The zero-order valence-electron chi connectivity index (χ0n) is 15.1. The first-order valence-corrected chi connectivity index (χ1v) is 8.44. The van der Waals surface area contributed by atoms with E-state index >= 15 is 0 Å². The molecule has 0 radical (unpaired) electrons. The summed E-state index contributed by atoms with van der Waals surface area (Å²) in [6, 6.07) is 13.8. The summed E-state index contributed by atoms with van der Waals surface area (Å²) in [5.74, 6) is 0.316. The third-order valence-corrected chi connectivity index (χ3v) is 4.58. The number of carbonyl (C=O) groups excluding carboxylic acids is 1. The zero-order chi connectivity index (χ0) is 18.7. The molecular formula is C21H21FN2O2. The van der Waals surface area contributed by atoms with Crippen molar-refractivity contribution in [3.63, 3.8) is 0 Å². The molecule has 0 N–H and O–H groups in total. The molecule has 0 aliphatic carbocycles. The summed E-state index contributed by atoms with van der Waals surface area (Å²) in [4.78, 5) is 18.8. The van der Waals surface area contributed by atoms with Crippen molar-refractivity contribution in [2.45, 2.75) is 19.4 Å². The number of ether oxygens (including phenoxy) is 1. The normalized spacial score (nSPS) is 12.0. The number of fused-ring (bicyclic) bond motifs is 1. The van der Waals surface area contributed by atoms with E-state index in [1.165, 1.54) is 18.3 Å². The summed E-state index contributed by atoms with van der Waals surface area (Å²) in [5.41, 5.74) is 2.14. The molecule has 0 fully saturated rings. The summed E-state index contributed by atoms with van der Waals surface area (Å²) in [6.07, 6.45) is 2.21. The minimum atomic E-state index is -0.346. The first-order valence-electron chi connectivity index (χ1n) is 8.44. The first kappa shape index (κ1) is 17.9. The molecule has 1 heterocycles. The number of pyridine rings is 1. The number of aromatic nitrogens is 1. The summed E-state index contributed by atoms with van der Waals surface area (Å²) in [7, 11) is 3.40. The van der Waals surface area contributed by atoms with Gasteiger partial charge in [0, 0.05) is 24.7 Å². The van der Waals surface area contributed by atoms with Gasteiger partial charge in [0.05, 0.1) is 18.2 Å². The van der Waals surface area contributed by atoms with E-state index < -0.39 is 0 Å². The van der Waals surface area contributed by atoms with Crippen LogP contribution < -0.4 is 4.74 Å². The topological polar surface area (TPSA) is 42.4 Å². The lowest BCUT2D eigenvalue weighted by Gasteiger charge is -2.25. The van der Waals surface area contributed by atoms with Crippen LogP contribution >= 0.6 is 0 Å². The molecule has 1 aromatic heterocycles. The molecule has 3 rings (SSSR count). The quantitative estimate of drug-likeness (QED) is 0.695. The van der Waals surface area contributed by atoms with E-state index in [9.17, 15) is 9.18 Å². The monoisotopic (exact) mass is 352 g/mol. The smallest absolute Gasteiger partial charge is 0.255 e. The van der Waals surface area contributed by atoms with Crippen molar-refractivity contribution in [2.75, 3.05) is 14.2 Å². The van der Waals surface area contributed by atoms with Crippen molar-refractivity contribution in [3.8, 4) is 5.75 Å². The average Bonchev–Trinajstić information content (AvgIpc) is 2.66. The predicted octanol–water partition coefficient (Wildman–Crippen LogP) is 4.09. The lowest BCUT2D eigenvalue weighted by Crippen LogP contribution is -2.36. The van der Waals surface area contributed by atoms with Crippen LogP contribution in [0.2, 0.25) is 0 Å². The van der Waals surface area contributed by atoms with Crippen LogP contribution in [0, 0.1) is 5.82 Å². The maximum absolute atomic E-state index is 13.4. The number of likely N-dealkylation sites (N-methyl/N-ethyl adjacent to an activating group) is 1. The fraction of sp³-hybridized carbons (Fsp3) is 0.238. The van der Waals surface area contributed by atoms with Crippen LogP contribution in [0.15, 0.2) is 54.7 Å². The first-order chi connectivity index (χ1) is 12.5. The Morgan fingerprint density at radius 1 is 1.23 bits per heavy atom. The van der Waals surface area contributed by atoms with E-state index in [-0.39, 0.29) is 17.8 Å². The number of para-hydroxylation sites is 1. The molecular weight excluding hydrogens is 331 g/mol. The number of methoxy groups -OCH3 is 1. The number of benzene rings is 2. The fourth-order valence-electron chi connectivity index (χ4n) is 2.95. The van der Waals surface area contributed by atoms with Gasteiger partial charge >= 0.3 is 0 Å². The van der Waals surface area contributed by atoms with E-state index in [1.807, 2.05) is 31.2 Å². The summed E-state index contributed by atoms with van der Waals surface area (Å²) >= 11 is 0. The molecule has 1 amide bonds. The Morgan fingerprint density at radius 3 is 2.77 bits per heavy atom. The Bertz CT molecular complexity index is 942. The van der Waals surface area contributed by atoms with Gasteiger partial charge in [0.25, 0.3) is 5.91 Å². The number of hydrogen-bond donors (Lipinski definition) is 0. The molecule has 0 saturated carbocycles. The molecule has 2 aromatic carbocycles. The molecule has 26 heavy (non-hydrogen) atoms. The molecule has 3 aromatic rings. The van der Waals surface area contributed by atoms with Gasteiger partial charge < -0.3 is 9.64 Å². The van der Waals surface area contributed by atoms with Crippen molar-refractivity contribution < 1.29 is 13.9 Å². The predicted molar refractivity (Wildman–Crippen MR) is 100.0 cm³/mol. The van der Waals surface area contributed by atoms with Gasteiger partial charge in [-0.25, -0.2) is 4.39 Å². The molecule has 4 nitrogen and oxygen atoms in total. The van der Waals surface area contributed by atoms with Crippen LogP contribution in [0.5, 0.6) is 5.75 Å². The van der Waals surface area contributed by atoms with Crippen LogP contribution in [-0.4, -0.2) is 36.0 Å². The Kier molecular flexibility index (Phi) is 5.16. The fourth-order valence-corrected chi connectivity index (χ4v) is 2.95. The number of rotatable bonds is 5. The molecule has 0 bridgehead atoms. The third-order valence-electron chi connectivity index (χ3n) is 4.58. The van der Waals surface area contributed by atoms with Gasteiger partial charge in [-0.1, -0.05) is 18.2 Å². The highest BCUT2D eigenvalue weighted by Gasteiger charge is 2.19. The second-order valence-corrected chi connectivity index (χ2v) is 6.34. The maximum atomic E-state index is 13.4. The van der Waals surface area contributed by atoms with E-state index in [0.717, 1.165) is 11.3 Å². The molecule has 0 spiro atoms. The zero-order valence-corrected chi connectivity index (χ0v) is 15.1. The molecule has 0 unspecified atom stereocenters. The second kappa shape index (κ2) is 7.52. The van der Waals surface area contributed by atoms with E-state index in [1.54, 1.807) is 31.2 Å². The number of carbonyl (C=O) groups is 1. The molecule has 1 atom stereocenters. The van der Waals surface area contributed by atoms with Gasteiger partial charge in [-0.15, -0.1) is 0 Å². The van der Waals surface area contributed by atoms with Crippen molar-refractivity contribution in [1.29, 1.82) is 0 Å². The Morgan fingerprint density at radius 2 is 2.00 bits per heavy atom. The number of halogens is 1. The number of amides is 1. The Balaban J connectivity index is 1.80. The van der Waals surface area contributed by atoms with Crippen molar-refractivity contribution in [1.82, 2.24) is 9.88 Å². The molecule has 134 valence electrons. The Hall–Kier alpha value is -2.95. The molecule has 0 saturated heterocycles. The molecule has 0 aliphatic heterocycles. The van der Waals surface area contributed by atoms with Crippen LogP contribution in [0.3, 0.4) is 0 Å². The van der Waals surface area contributed by atoms with E-state index in [2.05, 4.69) is 4.98 Å². The van der Waals surface area contributed by atoms with E-state index in [0.29, 0.717) is 22.9 Å². The average molecular weight is 352 g/mol. The molecule has 0 aliphatic rings. The second-order valence-electron chi connectivity index (χ2n) is 6.34. The van der Waals surface area contributed by atoms with Crippen molar-refractivity contribution in [2.24, 2.45) is 0 Å². The lowest BCUT2D eigenvalue weighted by molar-refractivity contribution is 0.0742. The minimum Gasteiger partial charge on any atom is -0.496 e. The van der Waals surface area contributed by atoms with Gasteiger partial charge in [0.1, 0.15) is 11.6 Å². The summed E-state index contributed by atoms with van der Waals surface area (Å²) in [5, 5.41) is 0.613. The standard InChI is InChI=1S/C21H21FN2O2/c1-14(10-15-6-4-5-7-20(15)26-3)24(2)21(25)17-11-16-12-18(22)8-9-19(16)23-13-17/h4-9,11-14H,10H2,1-3H3/t14-/m0/s1. The highest BCUT2D eigenvalue weighted by Crippen LogP contribution is 2.21. The van der Waals surface area contributed by atoms with Gasteiger partial charge in [0.2, 0.25) is 0 Å². The summed E-state index contributed by atoms with van der Waals surface area (Å²) < 4.78 is 18.8. The van der Waals surface area contributed by atoms with Gasteiger partial charge in [0.15, 0.2) is 0 Å². The Labute approximate surface area is 152 Å². The van der Waals surface area contributed by atoms with E-state index in [4.69, 9.17) is 4.74 Å². The number of hydrogen-bond acceptors (Lipinski definition) is 3. The van der Waals surface area contributed by atoms with Gasteiger partial charge in [-0.2, -0.15) is 0 Å². The van der Waals surface area contributed by atoms with Crippen molar-refractivity contribution >= 4 is 16.8 Å².